The first-order valence-corrected chi connectivity index (χ1v) is 9.09. The molecule has 3 rings (SSSR count). The predicted molar refractivity (Wildman–Crippen MR) is 102 cm³/mol. The molecular formula is C20H28N4O. The van der Waals surface area contributed by atoms with Gasteiger partial charge in [0.2, 0.25) is 5.91 Å². The van der Waals surface area contributed by atoms with E-state index in [1.54, 1.807) is 0 Å². The number of rotatable bonds is 4. The molecule has 0 aliphatic carbocycles. The van der Waals surface area contributed by atoms with Crippen LogP contribution in [-0.2, 0) is 24.2 Å². The minimum Gasteiger partial charge on any atom is -0.398 e. The van der Waals surface area contributed by atoms with Crippen LogP contribution >= 0.6 is 0 Å². The summed E-state index contributed by atoms with van der Waals surface area (Å²) in [7, 11) is 0. The Hall–Kier alpha value is -2.30. The summed E-state index contributed by atoms with van der Waals surface area (Å²) < 4.78 is 2.03. The van der Waals surface area contributed by atoms with E-state index in [1.807, 2.05) is 34.7 Å². The number of carbonyl (C=O) groups is 1. The predicted octanol–water partition coefficient (Wildman–Crippen LogP) is 3.26. The topological polar surface area (TPSA) is 64.2 Å². The Labute approximate surface area is 149 Å². The van der Waals surface area contributed by atoms with Crippen LogP contribution < -0.4 is 10.6 Å². The molecule has 5 heteroatoms. The van der Waals surface area contributed by atoms with Gasteiger partial charge in [0.05, 0.1) is 12.1 Å². The molecule has 25 heavy (non-hydrogen) atoms. The molecule has 0 fully saturated rings. The summed E-state index contributed by atoms with van der Waals surface area (Å²) in [6, 6.07) is 5.85. The van der Waals surface area contributed by atoms with Crippen molar-refractivity contribution in [2.45, 2.75) is 53.5 Å². The highest BCUT2D eigenvalue weighted by molar-refractivity contribution is 5.96. The maximum atomic E-state index is 13.0. The van der Waals surface area contributed by atoms with Crippen molar-refractivity contribution in [2.24, 2.45) is 5.92 Å². The molecule has 2 aromatic rings. The first-order chi connectivity index (χ1) is 11.9. The van der Waals surface area contributed by atoms with Crippen molar-refractivity contribution in [3.63, 3.8) is 0 Å². The monoisotopic (exact) mass is 340 g/mol. The molecule has 1 aliphatic heterocycles. The van der Waals surface area contributed by atoms with Crippen LogP contribution in [0.5, 0.6) is 0 Å². The molecule has 0 unspecified atom stereocenters. The number of aryl methyl sites for hydroxylation is 1. The SMILES string of the molecule is Cc1nn(CC(C)C)c(C)c1CC(=O)N1CCCc2c(N)cccc21. The van der Waals surface area contributed by atoms with E-state index in [2.05, 4.69) is 25.9 Å². The fraction of sp³-hybridized carbons (Fsp3) is 0.500. The van der Waals surface area contributed by atoms with Gasteiger partial charge in [0.25, 0.3) is 0 Å². The van der Waals surface area contributed by atoms with Crippen LogP contribution in [0, 0.1) is 19.8 Å². The average Bonchev–Trinajstić information content (AvgIpc) is 2.81. The van der Waals surface area contributed by atoms with Crippen molar-refractivity contribution in [1.82, 2.24) is 9.78 Å². The van der Waals surface area contributed by atoms with Crippen LogP contribution in [-0.4, -0.2) is 22.2 Å². The maximum absolute atomic E-state index is 13.0. The van der Waals surface area contributed by atoms with E-state index in [4.69, 9.17) is 5.73 Å². The van der Waals surface area contributed by atoms with E-state index in [-0.39, 0.29) is 5.91 Å². The molecule has 0 bridgehead atoms. The van der Waals surface area contributed by atoms with Crippen LogP contribution in [0.15, 0.2) is 18.2 Å². The number of nitrogens with two attached hydrogens (primary N) is 1. The lowest BCUT2D eigenvalue weighted by molar-refractivity contribution is -0.118. The molecule has 5 nitrogen and oxygen atoms in total. The zero-order chi connectivity index (χ0) is 18.1. The summed E-state index contributed by atoms with van der Waals surface area (Å²) in [5.41, 5.74) is 12.1. The molecule has 0 spiro atoms. The lowest BCUT2D eigenvalue weighted by atomic mass is 9.99. The van der Waals surface area contributed by atoms with Crippen molar-refractivity contribution < 1.29 is 4.79 Å². The standard InChI is InChI=1S/C20H28N4O/c1-13(2)12-24-15(4)17(14(3)22-24)11-20(25)23-10-6-7-16-18(21)8-5-9-19(16)23/h5,8-9,13H,6-7,10-12,21H2,1-4H3. The van der Waals surface area contributed by atoms with E-state index in [0.29, 0.717) is 12.3 Å². The number of amides is 1. The third-order valence-corrected chi connectivity index (χ3v) is 4.99. The normalized spacial score (nSPS) is 14.0. The second-order valence-corrected chi connectivity index (χ2v) is 7.40. The summed E-state index contributed by atoms with van der Waals surface area (Å²) in [6.45, 7) is 10.0. The molecule has 1 amide bonds. The third kappa shape index (κ3) is 3.41. The van der Waals surface area contributed by atoms with E-state index in [1.165, 1.54) is 0 Å². The lowest BCUT2D eigenvalue weighted by Crippen LogP contribution is -2.37. The lowest BCUT2D eigenvalue weighted by Gasteiger charge is -2.30. The highest BCUT2D eigenvalue weighted by Crippen LogP contribution is 2.32. The van der Waals surface area contributed by atoms with Crippen molar-refractivity contribution in [1.29, 1.82) is 0 Å². The zero-order valence-electron chi connectivity index (χ0n) is 15.7. The fourth-order valence-electron chi connectivity index (χ4n) is 3.67. The highest BCUT2D eigenvalue weighted by atomic mass is 16.2. The van der Waals surface area contributed by atoms with Crippen LogP contribution in [0.2, 0.25) is 0 Å². The van der Waals surface area contributed by atoms with Crippen LogP contribution in [0.1, 0.15) is 42.8 Å². The number of fused-ring (bicyclic) bond motifs is 1. The Bertz CT molecular complexity index is 791. The van der Waals surface area contributed by atoms with Gasteiger partial charge in [0.1, 0.15) is 0 Å². The van der Waals surface area contributed by atoms with Crippen molar-refractivity contribution in [3.05, 3.63) is 40.7 Å². The third-order valence-electron chi connectivity index (χ3n) is 4.99. The Morgan fingerprint density at radius 1 is 1.32 bits per heavy atom. The molecule has 0 saturated heterocycles. The molecule has 2 heterocycles. The van der Waals surface area contributed by atoms with Gasteiger partial charge >= 0.3 is 0 Å². The number of benzene rings is 1. The molecular weight excluding hydrogens is 312 g/mol. The van der Waals surface area contributed by atoms with Gasteiger partial charge in [0.15, 0.2) is 0 Å². The second-order valence-electron chi connectivity index (χ2n) is 7.40. The van der Waals surface area contributed by atoms with E-state index >= 15 is 0 Å². The number of carbonyl (C=O) groups excluding carboxylic acids is 1. The molecule has 134 valence electrons. The summed E-state index contributed by atoms with van der Waals surface area (Å²) in [5, 5.41) is 4.63. The summed E-state index contributed by atoms with van der Waals surface area (Å²) in [6.07, 6.45) is 2.29. The molecule has 1 aliphatic rings. The Morgan fingerprint density at radius 2 is 2.08 bits per heavy atom. The molecule has 0 saturated carbocycles. The van der Waals surface area contributed by atoms with E-state index in [0.717, 1.165) is 59.8 Å². The van der Waals surface area contributed by atoms with Crippen LogP contribution in [0.25, 0.3) is 0 Å². The number of hydrogen-bond acceptors (Lipinski definition) is 3. The van der Waals surface area contributed by atoms with Gasteiger partial charge in [-0.3, -0.25) is 9.48 Å². The van der Waals surface area contributed by atoms with E-state index in [9.17, 15) is 4.79 Å². The molecule has 1 aromatic carbocycles. The van der Waals surface area contributed by atoms with Gasteiger partial charge in [-0.25, -0.2) is 0 Å². The largest absolute Gasteiger partial charge is 0.398 e. The van der Waals surface area contributed by atoms with Crippen molar-refractivity contribution in [3.8, 4) is 0 Å². The maximum Gasteiger partial charge on any atom is 0.231 e. The highest BCUT2D eigenvalue weighted by Gasteiger charge is 2.25. The van der Waals surface area contributed by atoms with Crippen LogP contribution in [0.4, 0.5) is 11.4 Å². The smallest absolute Gasteiger partial charge is 0.231 e. The molecule has 2 N–H and O–H groups in total. The van der Waals surface area contributed by atoms with Crippen LogP contribution in [0.3, 0.4) is 0 Å². The zero-order valence-corrected chi connectivity index (χ0v) is 15.7. The second kappa shape index (κ2) is 6.90. The number of nitrogen functional groups attached to an aromatic ring is 1. The first-order valence-electron chi connectivity index (χ1n) is 9.09. The Morgan fingerprint density at radius 3 is 2.80 bits per heavy atom. The fourth-order valence-corrected chi connectivity index (χ4v) is 3.67. The average molecular weight is 340 g/mol. The summed E-state index contributed by atoms with van der Waals surface area (Å²) in [4.78, 5) is 14.9. The van der Waals surface area contributed by atoms with Crippen molar-refractivity contribution in [2.75, 3.05) is 17.2 Å². The first kappa shape index (κ1) is 17.5. The summed E-state index contributed by atoms with van der Waals surface area (Å²) >= 11 is 0. The van der Waals surface area contributed by atoms with Gasteiger partial charge in [-0.15, -0.1) is 0 Å². The van der Waals surface area contributed by atoms with E-state index < -0.39 is 0 Å². The number of hydrogen-bond donors (Lipinski definition) is 1. The molecule has 0 radical (unpaired) electrons. The Kier molecular flexibility index (Phi) is 4.84. The molecule has 1 aromatic heterocycles. The van der Waals surface area contributed by atoms with Gasteiger partial charge in [-0.1, -0.05) is 19.9 Å². The van der Waals surface area contributed by atoms with Crippen molar-refractivity contribution >= 4 is 17.3 Å². The molecule has 0 atom stereocenters. The number of anilines is 2. The number of aromatic nitrogens is 2. The van der Waals surface area contributed by atoms with Gasteiger partial charge in [0, 0.05) is 35.7 Å². The summed E-state index contributed by atoms with van der Waals surface area (Å²) in [5.74, 6) is 0.653. The van der Waals surface area contributed by atoms with Gasteiger partial charge in [-0.2, -0.15) is 5.10 Å². The number of nitrogens with zero attached hydrogens (tertiary/aromatic N) is 3. The van der Waals surface area contributed by atoms with Gasteiger partial charge in [-0.05, 0) is 50.3 Å². The van der Waals surface area contributed by atoms with Gasteiger partial charge < -0.3 is 10.6 Å². The minimum atomic E-state index is 0.127. The quantitative estimate of drug-likeness (QED) is 0.869. The Balaban J connectivity index is 1.85. The minimum absolute atomic E-state index is 0.127.